The lowest BCUT2D eigenvalue weighted by atomic mass is 10.1. The molecule has 12 nitrogen and oxygen atoms in total. The van der Waals surface area contributed by atoms with E-state index < -0.39 is 0 Å². The van der Waals surface area contributed by atoms with E-state index in [-0.39, 0.29) is 34.6 Å². The van der Waals surface area contributed by atoms with E-state index in [2.05, 4.69) is 23.3 Å². The van der Waals surface area contributed by atoms with Crippen molar-refractivity contribution in [1.29, 1.82) is 0 Å². The number of aliphatic imine (C=N–C) groups is 1. The first kappa shape index (κ1) is 37.2. The average Bonchev–Trinajstić information content (AvgIpc) is 3.67. The Balaban J connectivity index is 0.903. The molecule has 2 atom stereocenters. The normalized spacial score (nSPS) is 17.7. The lowest BCUT2D eigenvalue weighted by molar-refractivity contribution is -0.116. The summed E-state index contributed by atoms with van der Waals surface area (Å²) < 4.78 is 23.4. The lowest BCUT2D eigenvalue weighted by Gasteiger charge is -2.23. The maximum atomic E-state index is 14.1. The number of ether oxygens (including phenoxy) is 4. The van der Waals surface area contributed by atoms with Gasteiger partial charge in [-0.25, -0.2) is 0 Å². The summed E-state index contributed by atoms with van der Waals surface area (Å²) >= 11 is 4.52. The minimum Gasteiger partial charge on any atom is -0.493 e. The maximum Gasteiger partial charge on any atom is 0.261 e. The van der Waals surface area contributed by atoms with Gasteiger partial charge < -0.3 is 34.5 Å². The number of anilines is 4. The molecule has 4 aliphatic heterocycles. The Morgan fingerprint density at radius 1 is 0.857 bits per heavy atom. The summed E-state index contributed by atoms with van der Waals surface area (Å²) in [5.41, 5.74) is 6.73. The fourth-order valence-electron chi connectivity index (χ4n) is 7.81. The van der Waals surface area contributed by atoms with Gasteiger partial charge in [0, 0.05) is 66.0 Å². The molecular formula is C43H45N5O7S. The fraction of sp³-hybridized carbons (Fsp3) is 0.349. The van der Waals surface area contributed by atoms with Crippen LogP contribution in [0.3, 0.4) is 0 Å². The molecule has 0 radical (unpaired) electrons. The number of thiol groups is 1. The van der Waals surface area contributed by atoms with Gasteiger partial charge in [-0.2, -0.15) is 12.6 Å². The molecule has 56 heavy (non-hydrogen) atoms. The number of hydrogen-bond donors (Lipinski definition) is 3. The van der Waals surface area contributed by atoms with Gasteiger partial charge in [0.15, 0.2) is 23.0 Å². The first-order valence-electron chi connectivity index (χ1n) is 18.9. The topological polar surface area (TPSA) is 131 Å². The Morgan fingerprint density at radius 3 is 2.30 bits per heavy atom. The van der Waals surface area contributed by atoms with Crippen LogP contribution < -0.4 is 39.4 Å². The molecule has 0 saturated carbocycles. The summed E-state index contributed by atoms with van der Waals surface area (Å²) in [6.45, 7) is 5.14. The van der Waals surface area contributed by atoms with Gasteiger partial charge in [-0.1, -0.05) is 32.0 Å². The second-order valence-electron chi connectivity index (χ2n) is 15.1. The highest BCUT2D eigenvalue weighted by Crippen LogP contribution is 2.43. The molecule has 0 bridgehead atoms. The number of amides is 3. The molecule has 0 saturated heterocycles. The van der Waals surface area contributed by atoms with Crippen LogP contribution in [0, 0.1) is 0 Å². The molecule has 3 amide bonds. The number of methoxy groups -OCH3 is 2. The zero-order valence-electron chi connectivity index (χ0n) is 31.9. The molecule has 0 aliphatic carbocycles. The molecule has 0 aromatic heterocycles. The van der Waals surface area contributed by atoms with Crippen molar-refractivity contribution < 1.29 is 33.3 Å². The zero-order chi connectivity index (χ0) is 39.1. The van der Waals surface area contributed by atoms with Crippen molar-refractivity contribution >= 4 is 65.0 Å². The highest BCUT2D eigenvalue weighted by atomic mass is 32.1. The van der Waals surface area contributed by atoms with Crippen LogP contribution in [0.4, 0.5) is 28.4 Å². The van der Waals surface area contributed by atoms with Crippen molar-refractivity contribution in [3.05, 3.63) is 89.0 Å². The summed E-state index contributed by atoms with van der Waals surface area (Å²) in [7, 11) is 3.10. The number of benzene rings is 4. The Morgan fingerprint density at radius 2 is 1.55 bits per heavy atom. The van der Waals surface area contributed by atoms with Crippen molar-refractivity contribution in [2.24, 2.45) is 4.99 Å². The van der Waals surface area contributed by atoms with Gasteiger partial charge in [0.25, 0.3) is 11.8 Å². The fourth-order valence-corrected chi connectivity index (χ4v) is 7.92. The molecule has 0 spiro atoms. The van der Waals surface area contributed by atoms with E-state index in [9.17, 15) is 14.4 Å². The first-order valence-corrected chi connectivity index (χ1v) is 19.3. The largest absolute Gasteiger partial charge is 0.493 e. The quantitative estimate of drug-likeness (QED) is 0.101. The van der Waals surface area contributed by atoms with E-state index in [1.165, 1.54) is 0 Å². The van der Waals surface area contributed by atoms with E-state index >= 15 is 0 Å². The molecule has 4 heterocycles. The summed E-state index contributed by atoms with van der Waals surface area (Å²) in [6, 6.07) is 20.4. The zero-order valence-corrected chi connectivity index (χ0v) is 32.8. The van der Waals surface area contributed by atoms with Crippen LogP contribution >= 0.6 is 12.6 Å². The van der Waals surface area contributed by atoms with Crippen LogP contribution in [-0.4, -0.2) is 74.7 Å². The molecule has 0 fully saturated rings. The number of carbonyl (C=O) groups excluding carboxylic acids is 3. The standard InChI is InChI=1S/C43H45N5O7S/c1-43(2,56)13-12-40(49)46-27-10-11-35-26(16-27)18-29-24-45-33-22-39(37(53-4)20-31(33)42(51)48(29)35)55-15-7-14-54-38-21-32-30(19-36(38)52-3)41(50)47-28(23-44-32)17-25-8-5-6-9-34(25)47/h5-6,8-11,16,19-23,28-29,45,56H,7,12-15,17-18,24H2,1-4H3,(H,46,49)/t28-,29-/m0/s1. The average molecular weight is 776 g/mol. The van der Waals surface area contributed by atoms with Crippen LogP contribution in [0.2, 0.25) is 0 Å². The van der Waals surface area contributed by atoms with Gasteiger partial charge >= 0.3 is 0 Å². The Kier molecular flexibility index (Phi) is 10.0. The van der Waals surface area contributed by atoms with Gasteiger partial charge in [0.1, 0.15) is 0 Å². The van der Waals surface area contributed by atoms with Crippen molar-refractivity contribution in [3.8, 4) is 23.0 Å². The molecule has 4 aromatic carbocycles. The predicted octanol–water partition coefficient (Wildman–Crippen LogP) is 7.26. The van der Waals surface area contributed by atoms with E-state index in [1.54, 1.807) is 37.3 Å². The number of nitrogens with one attached hydrogen (secondary N) is 2. The molecule has 290 valence electrons. The highest BCUT2D eigenvalue weighted by Gasteiger charge is 2.39. The summed E-state index contributed by atoms with van der Waals surface area (Å²) in [4.78, 5) is 48.7. The van der Waals surface area contributed by atoms with Gasteiger partial charge in [-0.3, -0.25) is 24.3 Å². The van der Waals surface area contributed by atoms with Crippen LogP contribution in [0.1, 0.15) is 65.0 Å². The molecule has 4 aromatic rings. The second-order valence-corrected chi connectivity index (χ2v) is 16.3. The number of nitrogens with zero attached hydrogens (tertiary/aromatic N) is 3. The molecule has 0 unspecified atom stereocenters. The number of carbonyl (C=O) groups is 3. The first-order chi connectivity index (χ1) is 27.0. The van der Waals surface area contributed by atoms with E-state index in [0.717, 1.165) is 28.9 Å². The second kappa shape index (κ2) is 15.1. The molecule has 8 rings (SSSR count). The Bertz CT molecular complexity index is 2250. The van der Waals surface area contributed by atoms with E-state index in [1.807, 2.05) is 73.5 Å². The third-order valence-electron chi connectivity index (χ3n) is 10.6. The number of hydrogen-bond acceptors (Lipinski definition) is 10. The monoisotopic (exact) mass is 775 g/mol. The van der Waals surface area contributed by atoms with Gasteiger partial charge in [-0.15, -0.1) is 0 Å². The van der Waals surface area contributed by atoms with Crippen LogP contribution in [0.25, 0.3) is 0 Å². The van der Waals surface area contributed by atoms with Crippen LogP contribution in [-0.2, 0) is 17.6 Å². The molecule has 13 heteroatoms. The Hall–Kier alpha value is -5.69. The van der Waals surface area contributed by atoms with Crippen LogP contribution in [0.15, 0.2) is 71.7 Å². The third-order valence-corrected chi connectivity index (χ3v) is 10.8. The van der Waals surface area contributed by atoms with Crippen molar-refractivity contribution in [2.75, 3.05) is 54.4 Å². The SMILES string of the molecule is COc1cc2c(cc1OCCCOc1cc3c(cc1OC)C(=O)N1c4ccc(NC(=O)CCC(C)(C)S)cc4C[C@H]1CN3)N=C[C@@H]1Cc3ccccc3N1C2=O. The van der Waals surface area contributed by atoms with Crippen molar-refractivity contribution in [2.45, 2.75) is 62.8 Å². The minimum atomic E-state index is -0.224. The van der Waals surface area contributed by atoms with Gasteiger partial charge in [0.05, 0.1) is 62.0 Å². The van der Waals surface area contributed by atoms with Crippen LogP contribution in [0.5, 0.6) is 23.0 Å². The summed E-state index contributed by atoms with van der Waals surface area (Å²) in [5.74, 6) is 1.57. The molecule has 2 N–H and O–H groups in total. The summed E-state index contributed by atoms with van der Waals surface area (Å²) in [5, 5.41) is 6.46. The van der Waals surface area contributed by atoms with E-state index in [4.69, 9.17) is 23.9 Å². The van der Waals surface area contributed by atoms with Gasteiger partial charge in [0.2, 0.25) is 5.91 Å². The van der Waals surface area contributed by atoms with E-state index in [0.29, 0.717) is 96.6 Å². The maximum absolute atomic E-state index is 14.1. The van der Waals surface area contributed by atoms with Crippen molar-refractivity contribution in [3.63, 3.8) is 0 Å². The predicted molar refractivity (Wildman–Crippen MR) is 221 cm³/mol. The lowest BCUT2D eigenvalue weighted by Crippen LogP contribution is -2.39. The smallest absolute Gasteiger partial charge is 0.261 e. The number of rotatable bonds is 12. The molecular weight excluding hydrogens is 731 g/mol. The Labute approximate surface area is 331 Å². The summed E-state index contributed by atoms with van der Waals surface area (Å²) in [6.07, 6.45) is 4.78. The number of para-hydroxylation sites is 1. The highest BCUT2D eigenvalue weighted by molar-refractivity contribution is 7.81. The third kappa shape index (κ3) is 7.23. The molecule has 4 aliphatic rings. The van der Waals surface area contributed by atoms with Crippen molar-refractivity contribution in [1.82, 2.24) is 0 Å². The van der Waals surface area contributed by atoms with Gasteiger partial charge in [-0.05, 0) is 60.4 Å². The number of fused-ring (bicyclic) bond motifs is 8. The minimum absolute atomic E-state index is 0.0599.